The molecule has 0 saturated carbocycles. The molecule has 1 aromatic carbocycles. The van der Waals surface area contributed by atoms with Gasteiger partial charge in [0.05, 0.1) is 12.1 Å². The first-order valence-electron chi connectivity index (χ1n) is 8.15. The van der Waals surface area contributed by atoms with Crippen LogP contribution in [0.5, 0.6) is 0 Å². The molecule has 0 bridgehead atoms. The summed E-state index contributed by atoms with van der Waals surface area (Å²) in [7, 11) is 0. The van der Waals surface area contributed by atoms with Crippen molar-refractivity contribution < 1.29 is 9.21 Å². The predicted octanol–water partition coefficient (Wildman–Crippen LogP) is 3.67. The number of nitrogens with two attached hydrogens (primary N) is 1. The second kappa shape index (κ2) is 11.9. The van der Waals surface area contributed by atoms with E-state index >= 15 is 0 Å². The summed E-state index contributed by atoms with van der Waals surface area (Å²) >= 11 is 0. The Morgan fingerprint density at radius 2 is 1.96 bits per heavy atom. The average Bonchev–Trinajstić information content (AvgIpc) is 2.93. The number of benzene rings is 1. The zero-order valence-electron chi connectivity index (χ0n) is 14.7. The highest BCUT2D eigenvalue weighted by atomic mass is 35.5. The first-order chi connectivity index (χ1) is 11.1. The van der Waals surface area contributed by atoms with E-state index in [1.807, 2.05) is 37.3 Å². The Hall–Kier alpha value is -1.56. The van der Waals surface area contributed by atoms with Crippen LogP contribution in [0.15, 0.2) is 34.7 Å². The lowest BCUT2D eigenvalue weighted by Gasteiger charge is -2.16. The van der Waals surface area contributed by atoms with E-state index in [9.17, 15) is 4.79 Å². The summed E-state index contributed by atoms with van der Waals surface area (Å²) in [6.07, 6.45) is 3.27. The van der Waals surface area contributed by atoms with Crippen LogP contribution in [0.1, 0.15) is 37.6 Å². The van der Waals surface area contributed by atoms with Gasteiger partial charge in [-0.05, 0) is 25.5 Å². The fraction of sp³-hybridized carbons (Fsp3) is 0.444. The molecule has 3 N–H and O–H groups in total. The van der Waals surface area contributed by atoms with Gasteiger partial charge in [-0.1, -0.05) is 38.0 Å². The highest BCUT2D eigenvalue weighted by Gasteiger charge is 2.16. The summed E-state index contributed by atoms with van der Waals surface area (Å²) in [5, 5.41) is 2.98. The van der Waals surface area contributed by atoms with E-state index in [4.69, 9.17) is 10.2 Å². The number of halogens is 2. The largest absolute Gasteiger partial charge is 0.441 e. The summed E-state index contributed by atoms with van der Waals surface area (Å²) in [6, 6.07) is 9.70. The summed E-state index contributed by atoms with van der Waals surface area (Å²) in [6.45, 7) is 4.41. The van der Waals surface area contributed by atoms with Gasteiger partial charge in [-0.15, -0.1) is 24.8 Å². The maximum atomic E-state index is 12.2. The molecule has 7 heteroatoms. The molecule has 25 heavy (non-hydrogen) atoms. The van der Waals surface area contributed by atoms with Crippen LogP contribution in [0, 0.1) is 6.92 Å². The molecule has 2 rings (SSSR count). The van der Waals surface area contributed by atoms with E-state index in [-0.39, 0.29) is 43.2 Å². The SMILES string of the molecule is CCCCC(CN)NC(=O)Cc1nc(-c2ccccc2)oc1C.Cl.Cl. The molecule has 0 spiro atoms. The minimum absolute atomic E-state index is 0. The molecule has 0 radical (unpaired) electrons. The van der Waals surface area contributed by atoms with Gasteiger partial charge in [0, 0.05) is 18.2 Å². The zero-order chi connectivity index (χ0) is 16.7. The number of oxazole rings is 1. The van der Waals surface area contributed by atoms with Crippen molar-refractivity contribution in [3.63, 3.8) is 0 Å². The van der Waals surface area contributed by atoms with Gasteiger partial charge in [-0.25, -0.2) is 4.98 Å². The topological polar surface area (TPSA) is 81.1 Å². The van der Waals surface area contributed by atoms with Crippen molar-refractivity contribution in [1.82, 2.24) is 10.3 Å². The number of rotatable bonds is 8. The molecule has 1 heterocycles. The molecule has 1 atom stereocenters. The first kappa shape index (κ1) is 23.4. The van der Waals surface area contributed by atoms with Gasteiger partial charge >= 0.3 is 0 Å². The fourth-order valence-corrected chi connectivity index (χ4v) is 2.43. The Kier molecular flexibility index (Phi) is 11.2. The number of hydrogen-bond acceptors (Lipinski definition) is 4. The Balaban J connectivity index is 0.00000288. The van der Waals surface area contributed by atoms with Crippen LogP contribution in [0.4, 0.5) is 0 Å². The maximum absolute atomic E-state index is 12.2. The van der Waals surface area contributed by atoms with Crippen LogP contribution < -0.4 is 11.1 Å². The summed E-state index contributed by atoms with van der Waals surface area (Å²) < 4.78 is 5.68. The number of carbonyl (C=O) groups is 1. The lowest BCUT2D eigenvalue weighted by atomic mass is 10.1. The van der Waals surface area contributed by atoms with Crippen LogP contribution in [-0.2, 0) is 11.2 Å². The number of nitrogens with zero attached hydrogens (tertiary/aromatic N) is 1. The van der Waals surface area contributed by atoms with Crippen molar-refractivity contribution in [1.29, 1.82) is 0 Å². The van der Waals surface area contributed by atoms with Gasteiger partial charge in [0.2, 0.25) is 11.8 Å². The summed E-state index contributed by atoms with van der Waals surface area (Å²) in [5.41, 5.74) is 7.30. The van der Waals surface area contributed by atoms with E-state index in [1.54, 1.807) is 0 Å². The smallest absolute Gasteiger partial charge is 0.226 e. The van der Waals surface area contributed by atoms with E-state index in [0.29, 0.717) is 23.9 Å². The predicted molar refractivity (Wildman–Crippen MR) is 105 cm³/mol. The second-order valence-electron chi connectivity index (χ2n) is 5.71. The molecule has 5 nitrogen and oxygen atoms in total. The monoisotopic (exact) mass is 387 g/mol. The molecule has 1 aromatic heterocycles. The lowest BCUT2D eigenvalue weighted by Crippen LogP contribution is -2.41. The standard InChI is InChI=1S/C18H25N3O2.2ClH/c1-3-4-10-15(12-19)20-17(22)11-16-13(2)23-18(21-16)14-8-6-5-7-9-14;;/h5-9,15H,3-4,10-12,19H2,1-2H3,(H,20,22);2*1H. The molecular weight excluding hydrogens is 361 g/mol. The highest BCUT2D eigenvalue weighted by Crippen LogP contribution is 2.21. The van der Waals surface area contributed by atoms with E-state index in [1.165, 1.54) is 0 Å². The molecule has 0 aliphatic heterocycles. The molecule has 0 aliphatic carbocycles. The van der Waals surface area contributed by atoms with Crippen LogP contribution in [0.3, 0.4) is 0 Å². The Labute approximate surface area is 161 Å². The van der Waals surface area contributed by atoms with Crippen molar-refractivity contribution in [2.24, 2.45) is 5.73 Å². The van der Waals surface area contributed by atoms with Crippen molar-refractivity contribution in [2.75, 3.05) is 6.54 Å². The number of aryl methyl sites for hydroxylation is 1. The van der Waals surface area contributed by atoms with Gasteiger partial charge in [0.15, 0.2) is 0 Å². The number of hydrogen-bond donors (Lipinski definition) is 2. The third-order valence-corrected chi connectivity index (χ3v) is 3.80. The zero-order valence-corrected chi connectivity index (χ0v) is 16.3. The lowest BCUT2D eigenvalue weighted by molar-refractivity contribution is -0.121. The number of unbranched alkanes of at least 4 members (excludes halogenated alkanes) is 1. The number of nitrogens with one attached hydrogen (secondary N) is 1. The quantitative estimate of drug-likeness (QED) is 0.723. The number of amides is 1. The maximum Gasteiger partial charge on any atom is 0.226 e. The van der Waals surface area contributed by atoms with Crippen molar-refractivity contribution in [2.45, 2.75) is 45.6 Å². The van der Waals surface area contributed by atoms with Crippen molar-refractivity contribution >= 4 is 30.7 Å². The Morgan fingerprint density at radius 1 is 1.28 bits per heavy atom. The van der Waals surface area contributed by atoms with E-state index < -0.39 is 0 Å². The van der Waals surface area contributed by atoms with Gasteiger partial charge in [0.25, 0.3) is 0 Å². The molecule has 2 aromatic rings. The van der Waals surface area contributed by atoms with E-state index in [2.05, 4.69) is 17.2 Å². The van der Waals surface area contributed by atoms with Crippen molar-refractivity contribution in [3.05, 3.63) is 41.8 Å². The molecule has 140 valence electrons. The third kappa shape index (κ3) is 7.06. The molecule has 0 saturated heterocycles. The number of aromatic nitrogens is 1. The average molecular weight is 388 g/mol. The summed E-state index contributed by atoms with van der Waals surface area (Å²) in [5.74, 6) is 1.16. The Morgan fingerprint density at radius 3 is 2.56 bits per heavy atom. The molecule has 0 aliphatic rings. The van der Waals surface area contributed by atoms with Crippen LogP contribution in [0.25, 0.3) is 11.5 Å². The van der Waals surface area contributed by atoms with Crippen LogP contribution >= 0.6 is 24.8 Å². The number of carbonyl (C=O) groups excluding carboxylic acids is 1. The van der Waals surface area contributed by atoms with Crippen LogP contribution in [0.2, 0.25) is 0 Å². The van der Waals surface area contributed by atoms with Gasteiger partial charge in [-0.3, -0.25) is 4.79 Å². The van der Waals surface area contributed by atoms with Gasteiger partial charge < -0.3 is 15.5 Å². The summed E-state index contributed by atoms with van der Waals surface area (Å²) in [4.78, 5) is 16.7. The van der Waals surface area contributed by atoms with Gasteiger partial charge in [-0.2, -0.15) is 0 Å². The van der Waals surface area contributed by atoms with Gasteiger partial charge in [0.1, 0.15) is 5.76 Å². The Bertz CT molecular complexity index is 633. The second-order valence-corrected chi connectivity index (χ2v) is 5.71. The fourth-order valence-electron chi connectivity index (χ4n) is 2.43. The van der Waals surface area contributed by atoms with E-state index in [0.717, 1.165) is 24.8 Å². The molecular formula is C18H27Cl2N3O2. The van der Waals surface area contributed by atoms with Crippen LogP contribution in [-0.4, -0.2) is 23.5 Å². The first-order valence-corrected chi connectivity index (χ1v) is 8.15. The molecule has 0 fully saturated rings. The molecule has 1 unspecified atom stereocenters. The minimum atomic E-state index is -0.0624. The molecule has 1 amide bonds. The highest BCUT2D eigenvalue weighted by molar-refractivity contribution is 5.85. The van der Waals surface area contributed by atoms with Crippen molar-refractivity contribution in [3.8, 4) is 11.5 Å². The third-order valence-electron chi connectivity index (χ3n) is 3.80. The minimum Gasteiger partial charge on any atom is -0.441 e. The normalized spacial score (nSPS) is 11.2.